The number of carbonyl (C=O) groups is 1. The highest BCUT2D eigenvalue weighted by Gasteiger charge is 2.17. The third-order valence-electron chi connectivity index (χ3n) is 4.43. The molecule has 0 aliphatic rings. The lowest BCUT2D eigenvalue weighted by Crippen LogP contribution is -2.33. The maximum absolute atomic E-state index is 12.7. The second-order valence-electron chi connectivity index (χ2n) is 6.77. The van der Waals surface area contributed by atoms with Gasteiger partial charge in [-0.1, -0.05) is 47.5 Å². The van der Waals surface area contributed by atoms with Gasteiger partial charge in [-0.15, -0.1) is 0 Å². The minimum absolute atomic E-state index is 0.118. The molecule has 0 saturated heterocycles. The number of aromatic hydroxyl groups is 1. The number of carbonyl (C=O) groups excluding carboxylic acids is 1. The Kier molecular flexibility index (Phi) is 7.07. The number of phenols is 1. The molecular weight excluding hydrogens is 404 g/mol. The molecule has 3 aromatic rings. The average Bonchev–Trinajstić information content (AvgIpc) is 2.70. The van der Waals surface area contributed by atoms with Gasteiger partial charge >= 0.3 is 0 Å². The fraction of sp³-hybridized carbons (Fsp3) is 0.174. The Morgan fingerprint density at radius 3 is 2.52 bits per heavy atom. The molecule has 0 aliphatic carbocycles. The van der Waals surface area contributed by atoms with Crippen LogP contribution in [0.5, 0.6) is 5.75 Å². The Labute approximate surface area is 180 Å². The van der Waals surface area contributed by atoms with Crippen LogP contribution in [0, 0.1) is 13.8 Å². The SMILES string of the molecule is Cc1ccc(SN(CC(=O)NCc2cccc(O)c2)c2cccc(Cl)c2C)cc1. The van der Waals surface area contributed by atoms with E-state index < -0.39 is 0 Å². The number of hydrogen-bond donors (Lipinski definition) is 2. The van der Waals surface area contributed by atoms with Crippen LogP contribution >= 0.6 is 23.5 Å². The normalized spacial score (nSPS) is 10.6. The number of nitrogens with one attached hydrogen (secondary N) is 1. The van der Waals surface area contributed by atoms with Crippen LogP contribution in [0.1, 0.15) is 16.7 Å². The van der Waals surface area contributed by atoms with E-state index in [0.717, 1.165) is 21.7 Å². The van der Waals surface area contributed by atoms with Gasteiger partial charge in [-0.3, -0.25) is 4.79 Å². The van der Waals surface area contributed by atoms with E-state index in [2.05, 4.69) is 5.32 Å². The highest BCUT2D eigenvalue weighted by molar-refractivity contribution is 8.00. The van der Waals surface area contributed by atoms with Crippen LogP contribution in [0.25, 0.3) is 0 Å². The molecule has 2 N–H and O–H groups in total. The van der Waals surface area contributed by atoms with Gasteiger partial charge in [-0.25, -0.2) is 0 Å². The second kappa shape index (κ2) is 9.72. The number of phenolic OH excluding ortho intramolecular Hbond substituents is 1. The number of nitrogens with zero attached hydrogens (tertiary/aromatic N) is 1. The van der Waals surface area contributed by atoms with Crippen molar-refractivity contribution in [2.24, 2.45) is 0 Å². The molecule has 0 radical (unpaired) electrons. The number of aryl methyl sites for hydroxylation is 1. The number of rotatable bonds is 7. The average molecular weight is 427 g/mol. The molecule has 3 rings (SSSR count). The minimum Gasteiger partial charge on any atom is -0.508 e. The molecule has 0 heterocycles. The van der Waals surface area contributed by atoms with Crippen LogP contribution in [0.4, 0.5) is 5.69 Å². The monoisotopic (exact) mass is 426 g/mol. The van der Waals surface area contributed by atoms with Gasteiger partial charge in [-0.2, -0.15) is 0 Å². The second-order valence-corrected chi connectivity index (χ2v) is 8.27. The minimum atomic E-state index is -0.118. The van der Waals surface area contributed by atoms with Crippen LogP contribution in [-0.4, -0.2) is 17.6 Å². The molecule has 0 aromatic heterocycles. The van der Waals surface area contributed by atoms with Gasteiger partial charge in [0.1, 0.15) is 12.3 Å². The molecule has 29 heavy (non-hydrogen) atoms. The summed E-state index contributed by atoms with van der Waals surface area (Å²) in [6.07, 6.45) is 0. The number of benzene rings is 3. The molecular formula is C23H23ClN2O2S. The molecule has 0 aliphatic heterocycles. The fourth-order valence-electron chi connectivity index (χ4n) is 2.81. The van der Waals surface area contributed by atoms with E-state index in [0.29, 0.717) is 11.6 Å². The molecule has 1 amide bonds. The first-order valence-corrected chi connectivity index (χ1v) is 10.4. The lowest BCUT2D eigenvalue weighted by atomic mass is 10.2. The first-order valence-electron chi connectivity index (χ1n) is 9.24. The van der Waals surface area contributed by atoms with Crippen molar-refractivity contribution in [2.45, 2.75) is 25.3 Å². The Morgan fingerprint density at radius 2 is 1.79 bits per heavy atom. The summed E-state index contributed by atoms with van der Waals surface area (Å²) < 4.78 is 1.95. The van der Waals surface area contributed by atoms with Gasteiger partial charge < -0.3 is 14.7 Å². The van der Waals surface area contributed by atoms with Crippen molar-refractivity contribution in [2.75, 3.05) is 10.8 Å². The first-order chi connectivity index (χ1) is 13.9. The summed E-state index contributed by atoms with van der Waals surface area (Å²) in [6, 6.07) is 20.7. The summed E-state index contributed by atoms with van der Waals surface area (Å²) in [5.41, 5.74) is 3.85. The van der Waals surface area contributed by atoms with Crippen molar-refractivity contribution in [3.63, 3.8) is 0 Å². The summed E-state index contributed by atoms with van der Waals surface area (Å²) in [5, 5.41) is 13.2. The van der Waals surface area contributed by atoms with Gasteiger partial charge in [0.2, 0.25) is 5.91 Å². The zero-order valence-electron chi connectivity index (χ0n) is 16.4. The van der Waals surface area contributed by atoms with E-state index in [4.69, 9.17) is 11.6 Å². The van der Waals surface area contributed by atoms with Crippen molar-refractivity contribution >= 4 is 35.1 Å². The van der Waals surface area contributed by atoms with E-state index >= 15 is 0 Å². The Balaban J connectivity index is 1.76. The summed E-state index contributed by atoms with van der Waals surface area (Å²) in [7, 11) is 0. The number of halogens is 1. The zero-order valence-corrected chi connectivity index (χ0v) is 17.9. The topological polar surface area (TPSA) is 52.6 Å². The Hall–Kier alpha value is -2.63. The Morgan fingerprint density at radius 1 is 1.07 bits per heavy atom. The lowest BCUT2D eigenvalue weighted by molar-refractivity contribution is -0.119. The predicted octanol–water partition coefficient (Wildman–Crippen LogP) is 5.49. The smallest absolute Gasteiger partial charge is 0.240 e. The van der Waals surface area contributed by atoms with Gasteiger partial charge in [0.25, 0.3) is 0 Å². The Bertz CT molecular complexity index is 992. The molecule has 0 fully saturated rings. The van der Waals surface area contributed by atoms with Crippen molar-refractivity contribution in [1.82, 2.24) is 5.32 Å². The quantitative estimate of drug-likeness (QED) is 0.490. The molecule has 4 nitrogen and oxygen atoms in total. The highest BCUT2D eigenvalue weighted by atomic mass is 35.5. The number of amides is 1. The summed E-state index contributed by atoms with van der Waals surface area (Å²) in [5.74, 6) is 0.0650. The predicted molar refractivity (Wildman–Crippen MR) is 121 cm³/mol. The standard InChI is InChI=1S/C23H23ClN2O2S/c1-16-9-11-20(12-10-16)29-26(22-8-4-7-21(24)17(22)2)15-23(28)25-14-18-5-3-6-19(27)13-18/h3-13,27H,14-15H2,1-2H3,(H,25,28). The molecule has 6 heteroatoms. The summed E-state index contributed by atoms with van der Waals surface area (Å²) in [4.78, 5) is 13.7. The summed E-state index contributed by atoms with van der Waals surface area (Å²) >= 11 is 7.81. The van der Waals surface area contributed by atoms with E-state index in [-0.39, 0.29) is 18.2 Å². The molecule has 0 atom stereocenters. The largest absolute Gasteiger partial charge is 0.508 e. The number of anilines is 1. The molecule has 0 unspecified atom stereocenters. The molecule has 0 spiro atoms. The third kappa shape index (κ3) is 5.92. The maximum atomic E-state index is 12.7. The summed E-state index contributed by atoms with van der Waals surface area (Å²) in [6.45, 7) is 4.51. The fourth-order valence-corrected chi connectivity index (χ4v) is 3.97. The van der Waals surface area contributed by atoms with E-state index in [1.807, 2.05) is 66.7 Å². The maximum Gasteiger partial charge on any atom is 0.240 e. The lowest BCUT2D eigenvalue weighted by Gasteiger charge is -2.25. The third-order valence-corrected chi connectivity index (χ3v) is 5.87. The van der Waals surface area contributed by atoms with Gasteiger partial charge in [-0.05, 0) is 73.3 Å². The van der Waals surface area contributed by atoms with E-state index in [1.165, 1.54) is 17.5 Å². The number of hydrogen-bond acceptors (Lipinski definition) is 4. The van der Waals surface area contributed by atoms with Crippen LogP contribution in [0.2, 0.25) is 5.02 Å². The van der Waals surface area contributed by atoms with Crippen molar-refractivity contribution in [3.8, 4) is 5.75 Å². The molecule has 3 aromatic carbocycles. The van der Waals surface area contributed by atoms with Crippen molar-refractivity contribution in [1.29, 1.82) is 0 Å². The van der Waals surface area contributed by atoms with E-state index in [9.17, 15) is 9.90 Å². The van der Waals surface area contributed by atoms with Crippen LogP contribution < -0.4 is 9.62 Å². The van der Waals surface area contributed by atoms with Crippen LogP contribution in [0.3, 0.4) is 0 Å². The first kappa shape index (κ1) is 21.1. The van der Waals surface area contributed by atoms with Gasteiger partial charge in [0.05, 0.1) is 5.69 Å². The van der Waals surface area contributed by atoms with Crippen molar-refractivity contribution < 1.29 is 9.90 Å². The van der Waals surface area contributed by atoms with Gasteiger partial charge in [0.15, 0.2) is 0 Å². The molecule has 0 saturated carbocycles. The zero-order chi connectivity index (χ0) is 20.8. The van der Waals surface area contributed by atoms with Crippen LogP contribution in [-0.2, 0) is 11.3 Å². The molecule has 0 bridgehead atoms. The van der Waals surface area contributed by atoms with Gasteiger partial charge in [0, 0.05) is 16.5 Å². The van der Waals surface area contributed by atoms with E-state index in [1.54, 1.807) is 18.2 Å². The highest BCUT2D eigenvalue weighted by Crippen LogP contribution is 2.34. The van der Waals surface area contributed by atoms with Crippen LogP contribution in [0.15, 0.2) is 71.6 Å². The van der Waals surface area contributed by atoms with Crippen molar-refractivity contribution in [3.05, 3.63) is 88.4 Å². The molecule has 150 valence electrons.